The summed E-state index contributed by atoms with van der Waals surface area (Å²) in [7, 11) is 1.61. The predicted octanol–water partition coefficient (Wildman–Crippen LogP) is 2.99. The molecule has 0 radical (unpaired) electrons. The molecule has 1 aromatic carbocycles. The quantitative estimate of drug-likeness (QED) is 0.857. The van der Waals surface area contributed by atoms with E-state index in [4.69, 9.17) is 16.3 Å². The molecule has 0 saturated heterocycles. The topological polar surface area (TPSA) is 37.9 Å². The lowest BCUT2D eigenvalue weighted by Gasteiger charge is -2.00. The molecule has 68 valence electrons. The van der Waals surface area contributed by atoms with E-state index < -0.39 is 0 Å². The van der Waals surface area contributed by atoms with Gasteiger partial charge in [-0.05, 0) is 39.7 Å². The van der Waals surface area contributed by atoms with Crippen molar-refractivity contribution in [3.05, 3.63) is 21.9 Å². The fourth-order valence-corrected chi connectivity index (χ4v) is 1.77. The van der Waals surface area contributed by atoms with Gasteiger partial charge in [0.1, 0.15) is 16.8 Å². The number of benzene rings is 1. The van der Waals surface area contributed by atoms with Crippen LogP contribution in [-0.4, -0.2) is 17.1 Å². The van der Waals surface area contributed by atoms with E-state index in [1.54, 1.807) is 7.11 Å². The van der Waals surface area contributed by atoms with E-state index in [-0.39, 0.29) is 0 Å². The first-order valence-electron chi connectivity index (χ1n) is 3.60. The van der Waals surface area contributed by atoms with Crippen molar-refractivity contribution in [2.24, 2.45) is 0 Å². The molecule has 0 amide bonds. The second-order valence-electron chi connectivity index (χ2n) is 2.50. The number of hydrogen-bond acceptors (Lipinski definition) is 2. The number of rotatable bonds is 1. The average molecular weight is 262 g/mol. The highest BCUT2D eigenvalue weighted by Crippen LogP contribution is 2.30. The Morgan fingerprint density at radius 2 is 2.31 bits per heavy atom. The van der Waals surface area contributed by atoms with Crippen LogP contribution < -0.4 is 4.74 Å². The maximum absolute atomic E-state index is 5.74. The van der Waals surface area contributed by atoms with Gasteiger partial charge in [-0.3, -0.25) is 0 Å². The van der Waals surface area contributed by atoms with Gasteiger partial charge in [-0.1, -0.05) is 0 Å². The Morgan fingerprint density at radius 3 is 3.00 bits per heavy atom. The van der Waals surface area contributed by atoms with Gasteiger partial charge >= 0.3 is 0 Å². The van der Waals surface area contributed by atoms with E-state index in [2.05, 4.69) is 25.9 Å². The summed E-state index contributed by atoms with van der Waals surface area (Å²) in [5, 5.41) is 0.361. The summed E-state index contributed by atoms with van der Waals surface area (Å²) in [6.45, 7) is 0. The van der Waals surface area contributed by atoms with Gasteiger partial charge in [0.05, 0.1) is 7.11 Å². The lowest BCUT2D eigenvalue weighted by Crippen LogP contribution is -1.84. The Labute approximate surface area is 88.2 Å². The smallest absolute Gasteiger partial charge is 0.201 e. The SMILES string of the molecule is COc1ccc(Br)c2nc(Cl)[nH]c12. The minimum Gasteiger partial charge on any atom is -0.494 e. The number of imidazole rings is 1. The molecule has 0 bridgehead atoms. The van der Waals surface area contributed by atoms with Gasteiger partial charge in [-0.15, -0.1) is 0 Å². The first kappa shape index (κ1) is 8.84. The number of fused-ring (bicyclic) bond motifs is 1. The molecule has 0 unspecified atom stereocenters. The minimum atomic E-state index is 0.361. The zero-order valence-electron chi connectivity index (χ0n) is 6.77. The third-order valence-electron chi connectivity index (χ3n) is 1.75. The molecule has 1 heterocycles. The number of ether oxygens (including phenoxy) is 1. The lowest BCUT2D eigenvalue weighted by atomic mass is 10.3. The zero-order valence-corrected chi connectivity index (χ0v) is 9.11. The Kier molecular flexibility index (Phi) is 2.17. The molecule has 0 aliphatic rings. The first-order valence-corrected chi connectivity index (χ1v) is 4.77. The Morgan fingerprint density at radius 1 is 1.54 bits per heavy atom. The molecule has 5 heteroatoms. The number of aromatic amines is 1. The number of hydrogen-bond donors (Lipinski definition) is 1. The summed E-state index contributed by atoms with van der Waals surface area (Å²) in [5.41, 5.74) is 1.59. The molecule has 1 aromatic heterocycles. The molecular weight excluding hydrogens is 255 g/mol. The van der Waals surface area contributed by atoms with Crippen molar-refractivity contribution in [2.75, 3.05) is 7.11 Å². The van der Waals surface area contributed by atoms with Crippen molar-refractivity contribution in [1.29, 1.82) is 0 Å². The second kappa shape index (κ2) is 3.20. The van der Waals surface area contributed by atoms with Gasteiger partial charge in [0.15, 0.2) is 0 Å². The molecular formula is C8H6BrClN2O. The molecule has 1 N–H and O–H groups in total. The molecule has 0 spiro atoms. The summed E-state index contributed by atoms with van der Waals surface area (Å²) in [6, 6.07) is 3.72. The highest BCUT2D eigenvalue weighted by atomic mass is 79.9. The molecule has 13 heavy (non-hydrogen) atoms. The van der Waals surface area contributed by atoms with Gasteiger partial charge in [-0.25, -0.2) is 4.98 Å². The largest absolute Gasteiger partial charge is 0.494 e. The van der Waals surface area contributed by atoms with E-state index in [0.717, 1.165) is 21.3 Å². The highest BCUT2D eigenvalue weighted by molar-refractivity contribution is 9.10. The second-order valence-corrected chi connectivity index (χ2v) is 3.71. The molecule has 2 aromatic rings. The standard InChI is InChI=1S/C8H6BrClN2O/c1-13-5-3-2-4(9)6-7(5)12-8(10)11-6/h2-3H,1H3,(H,11,12). The summed E-state index contributed by atoms with van der Waals surface area (Å²) < 4.78 is 6.04. The zero-order chi connectivity index (χ0) is 9.42. The molecule has 0 aliphatic heterocycles. The summed E-state index contributed by atoms with van der Waals surface area (Å²) in [5.74, 6) is 0.734. The van der Waals surface area contributed by atoms with E-state index in [9.17, 15) is 0 Å². The van der Waals surface area contributed by atoms with E-state index >= 15 is 0 Å². The molecule has 0 atom stereocenters. The number of halogens is 2. The molecule has 0 fully saturated rings. The lowest BCUT2D eigenvalue weighted by molar-refractivity contribution is 0.419. The normalized spacial score (nSPS) is 10.7. The van der Waals surface area contributed by atoms with Crippen LogP contribution >= 0.6 is 27.5 Å². The summed E-state index contributed by atoms with van der Waals surface area (Å²) >= 11 is 9.12. The van der Waals surface area contributed by atoms with Crippen LogP contribution in [0.15, 0.2) is 16.6 Å². The Balaban J connectivity index is 2.83. The number of H-pyrrole nitrogens is 1. The number of aromatic nitrogens is 2. The van der Waals surface area contributed by atoms with Gasteiger partial charge in [0.25, 0.3) is 0 Å². The van der Waals surface area contributed by atoms with Gasteiger partial charge in [0.2, 0.25) is 5.28 Å². The van der Waals surface area contributed by atoms with E-state index in [1.807, 2.05) is 12.1 Å². The molecule has 0 aliphatic carbocycles. The van der Waals surface area contributed by atoms with Crippen LogP contribution in [0.25, 0.3) is 11.0 Å². The van der Waals surface area contributed by atoms with E-state index in [0.29, 0.717) is 5.28 Å². The van der Waals surface area contributed by atoms with Crippen LogP contribution in [0.1, 0.15) is 0 Å². The number of nitrogens with one attached hydrogen (secondary N) is 1. The van der Waals surface area contributed by atoms with Crippen molar-refractivity contribution in [3.8, 4) is 5.75 Å². The van der Waals surface area contributed by atoms with Crippen molar-refractivity contribution in [1.82, 2.24) is 9.97 Å². The fraction of sp³-hybridized carbons (Fsp3) is 0.125. The Hall–Kier alpha value is -0.740. The van der Waals surface area contributed by atoms with Crippen LogP contribution in [0.3, 0.4) is 0 Å². The monoisotopic (exact) mass is 260 g/mol. The van der Waals surface area contributed by atoms with Crippen LogP contribution in [0.4, 0.5) is 0 Å². The van der Waals surface area contributed by atoms with Gasteiger partial charge in [0, 0.05) is 4.47 Å². The van der Waals surface area contributed by atoms with Crippen LogP contribution in [0.2, 0.25) is 5.28 Å². The maximum Gasteiger partial charge on any atom is 0.201 e. The third-order valence-corrected chi connectivity index (χ3v) is 2.57. The van der Waals surface area contributed by atoms with Gasteiger partial charge in [-0.2, -0.15) is 0 Å². The Bertz CT molecular complexity index is 455. The van der Waals surface area contributed by atoms with Crippen molar-refractivity contribution in [2.45, 2.75) is 0 Å². The third kappa shape index (κ3) is 1.40. The van der Waals surface area contributed by atoms with Crippen LogP contribution in [0, 0.1) is 0 Å². The molecule has 0 saturated carbocycles. The molecule has 2 rings (SSSR count). The number of methoxy groups -OCH3 is 1. The predicted molar refractivity (Wildman–Crippen MR) is 55.4 cm³/mol. The summed E-state index contributed by atoms with van der Waals surface area (Å²) in [4.78, 5) is 7.02. The maximum atomic E-state index is 5.74. The number of nitrogens with zero attached hydrogens (tertiary/aromatic N) is 1. The summed E-state index contributed by atoms with van der Waals surface area (Å²) in [6.07, 6.45) is 0. The van der Waals surface area contributed by atoms with Crippen molar-refractivity contribution < 1.29 is 4.74 Å². The first-order chi connectivity index (χ1) is 6.22. The van der Waals surface area contributed by atoms with Crippen molar-refractivity contribution in [3.63, 3.8) is 0 Å². The molecule has 3 nitrogen and oxygen atoms in total. The van der Waals surface area contributed by atoms with E-state index in [1.165, 1.54) is 0 Å². The van der Waals surface area contributed by atoms with Crippen LogP contribution in [-0.2, 0) is 0 Å². The minimum absolute atomic E-state index is 0.361. The van der Waals surface area contributed by atoms with Crippen molar-refractivity contribution >= 4 is 38.6 Å². The van der Waals surface area contributed by atoms with Crippen LogP contribution in [0.5, 0.6) is 5.75 Å². The highest BCUT2D eigenvalue weighted by Gasteiger charge is 2.09. The van der Waals surface area contributed by atoms with Gasteiger partial charge < -0.3 is 9.72 Å². The fourth-order valence-electron chi connectivity index (χ4n) is 1.18. The average Bonchev–Trinajstić information content (AvgIpc) is 2.48.